The zero-order chi connectivity index (χ0) is 18.7. The van der Waals surface area contributed by atoms with Crippen molar-refractivity contribution in [1.82, 2.24) is 9.97 Å². The lowest BCUT2D eigenvalue weighted by Gasteiger charge is -2.38. The molecule has 0 bridgehead atoms. The van der Waals surface area contributed by atoms with Crippen LogP contribution in [0, 0.1) is 0 Å². The third-order valence-electron chi connectivity index (χ3n) is 4.32. The van der Waals surface area contributed by atoms with Crippen LogP contribution in [0.25, 0.3) is 0 Å². The second-order valence-corrected chi connectivity index (χ2v) is 7.51. The third-order valence-corrected chi connectivity index (χ3v) is 5.31. The number of primary amides is 1. The fraction of sp³-hybridized carbons (Fsp3) is 0.353. The van der Waals surface area contributed by atoms with Crippen molar-refractivity contribution in [2.75, 3.05) is 29.5 Å². The molecule has 26 heavy (non-hydrogen) atoms. The van der Waals surface area contributed by atoms with Crippen LogP contribution in [0.5, 0.6) is 0 Å². The summed E-state index contributed by atoms with van der Waals surface area (Å²) in [7, 11) is 0. The molecule has 2 aromatic rings. The molecular weight excluding hydrogens is 352 g/mol. The Morgan fingerprint density at radius 1 is 1.31 bits per heavy atom. The first-order valence-corrected chi connectivity index (χ1v) is 9.06. The molecule has 1 aliphatic heterocycles. The van der Waals surface area contributed by atoms with Crippen LogP contribution in [0.3, 0.4) is 0 Å². The molecule has 8 nitrogen and oxygen atoms in total. The van der Waals surface area contributed by atoms with Gasteiger partial charge in [-0.05, 0) is 25.1 Å². The van der Waals surface area contributed by atoms with Crippen molar-refractivity contribution in [2.45, 2.75) is 35.3 Å². The quantitative estimate of drug-likeness (QED) is 0.694. The average Bonchev–Trinajstić information content (AvgIpc) is 2.56. The van der Waals surface area contributed by atoms with Gasteiger partial charge in [0, 0.05) is 36.5 Å². The molecule has 0 unspecified atom stereocenters. The number of ether oxygens (including phenoxy) is 1. The first-order valence-electron chi connectivity index (χ1n) is 8.24. The number of anilines is 3. The van der Waals surface area contributed by atoms with Crippen molar-refractivity contribution < 1.29 is 9.53 Å². The molecule has 0 saturated carbocycles. The van der Waals surface area contributed by atoms with Gasteiger partial charge in [-0.2, -0.15) is 0 Å². The summed E-state index contributed by atoms with van der Waals surface area (Å²) >= 11 is 1.42. The zero-order valence-corrected chi connectivity index (χ0v) is 15.3. The van der Waals surface area contributed by atoms with Gasteiger partial charge in [-0.15, -0.1) is 0 Å². The fourth-order valence-electron chi connectivity index (χ4n) is 2.86. The second kappa shape index (κ2) is 7.28. The molecule has 0 atom stereocenters. The van der Waals surface area contributed by atoms with Crippen molar-refractivity contribution in [3.63, 3.8) is 0 Å². The minimum atomic E-state index is -0.743. The van der Waals surface area contributed by atoms with Gasteiger partial charge in [0.15, 0.2) is 5.82 Å². The van der Waals surface area contributed by atoms with E-state index in [2.05, 4.69) is 14.9 Å². The van der Waals surface area contributed by atoms with E-state index in [0.29, 0.717) is 48.3 Å². The molecule has 3 rings (SSSR count). The minimum absolute atomic E-state index is 0.372. The van der Waals surface area contributed by atoms with E-state index in [0.717, 1.165) is 4.90 Å². The van der Waals surface area contributed by atoms with Gasteiger partial charge in [-0.1, -0.05) is 17.8 Å². The Kier molecular flexibility index (Phi) is 5.08. The van der Waals surface area contributed by atoms with Gasteiger partial charge in [0.25, 0.3) is 0 Å². The molecule has 0 aliphatic carbocycles. The Morgan fingerprint density at radius 2 is 2.04 bits per heavy atom. The molecule has 1 aromatic heterocycles. The van der Waals surface area contributed by atoms with Crippen molar-refractivity contribution in [3.05, 3.63) is 30.5 Å². The molecule has 1 amide bonds. The summed E-state index contributed by atoms with van der Waals surface area (Å²) in [6.07, 6.45) is 2.30. The number of carbonyl (C=O) groups excluding carboxylic acids is 1. The molecule has 1 aliphatic rings. The Hall–Kier alpha value is -2.68. The first kappa shape index (κ1) is 18.1. The monoisotopic (exact) mass is 374 g/mol. The van der Waals surface area contributed by atoms with E-state index in [-0.39, 0.29) is 0 Å². The maximum atomic E-state index is 11.0. The number of nitrogens with zero attached hydrogens (tertiary/aromatic N) is 3. The predicted molar refractivity (Wildman–Crippen MR) is 102 cm³/mol. The van der Waals surface area contributed by atoms with Crippen LogP contribution in [0.15, 0.2) is 40.4 Å². The molecule has 0 radical (unpaired) electrons. The van der Waals surface area contributed by atoms with Gasteiger partial charge in [-0.25, -0.2) is 14.8 Å². The summed E-state index contributed by atoms with van der Waals surface area (Å²) in [6, 6.07) is 7.52. The topological polar surface area (TPSA) is 133 Å². The van der Waals surface area contributed by atoms with E-state index in [4.69, 9.17) is 21.9 Å². The number of amides is 1. The molecular formula is C17H22N6O2S. The van der Waals surface area contributed by atoms with Crippen LogP contribution in [0.1, 0.15) is 19.8 Å². The van der Waals surface area contributed by atoms with Gasteiger partial charge in [-0.3, -0.25) is 0 Å². The molecule has 1 fully saturated rings. The SMILES string of the molecule is CC1(OC(N)=O)CCN(c2cnc(Sc3cccc(N)c3)c(N)n2)CC1. The molecule has 1 saturated heterocycles. The summed E-state index contributed by atoms with van der Waals surface area (Å²) in [5.74, 6) is 1.08. The number of hydrogen-bond acceptors (Lipinski definition) is 8. The van der Waals surface area contributed by atoms with E-state index in [1.165, 1.54) is 11.8 Å². The second-order valence-electron chi connectivity index (χ2n) is 6.45. The van der Waals surface area contributed by atoms with Gasteiger partial charge in [0.1, 0.15) is 16.4 Å². The van der Waals surface area contributed by atoms with E-state index in [1.807, 2.05) is 31.2 Å². The number of aromatic nitrogens is 2. The largest absolute Gasteiger partial charge is 0.443 e. The Labute approximate surface area is 156 Å². The van der Waals surface area contributed by atoms with Crippen molar-refractivity contribution in [1.29, 1.82) is 0 Å². The smallest absolute Gasteiger partial charge is 0.405 e. The Balaban J connectivity index is 1.67. The normalized spacial score (nSPS) is 16.3. The molecule has 138 valence electrons. The lowest BCUT2D eigenvalue weighted by atomic mass is 9.93. The van der Waals surface area contributed by atoms with Crippen molar-refractivity contribution >= 4 is 35.2 Å². The highest BCUT2D eigenvalue weighted by Crippen LogP contribution is 2.33. The number of benzene rings is 1. The summed E-state index contributed by atoms with van der Waals surface area (Å²) in [6.45, 7) is 3.25. The Bertz CT molecular complexity index is 808. The molecule has 6 N–H and O–H groups in total. The van der Waals surface area contributed by atoms with Crippen molar-refractivity contribution in [2.24, 2.45) is 5.73 Å². The number of carbonyl (C=O) groups is 1. The summed E-state index contributed by atoms with van der Waals surface area (Å²) in [4.78, 5) is 23.0. The molecule has 1 aromatic carbocycles. The van der Waals surface area contributed by atoms with E-state index >= 15 is 0 Å². The van der Waals surface area contributed by atoms with Gasteiger partial charge in [0.2, 0.25) is 0 Å². The molecule has 2 heterocycles. The number of rotatable bonds is 4. The van der Waals surface area contributed by atoms with Gasteiger partial charge >= 0.3 is 6.09 Å². The number of piperidine rings is 1. The minimum Gasteiger partial charge on any atom is -0.443 e. The third kappa shape index (κ3) is 4.29. The number of nitrogens with two attached hydrogens (primary N) is 3. The van der Waals surface area contributed by atoms with E-state index in [1.54, 1.807) is 6.20 Å². The average molecular weight is 374 g/mol. The number of hydrogen-bond donors (Lipinski definition) is 3. The van der Waals surface area contributed by atoms with E-state index in [9.17, 15) is 4.79 Å². The zero-order valence-electron chi connectivity index (χ0n) is 14.5. The lowest BCUT2D eigenvalue weighted by Crippen LogP contribution is -2.46. The van der Waals surface area contributed by atoms with Crippen LogP contribution in [0.2, 0.25) is 0 Å². The fourth-order valence-corrected chi connectivity index (χ4v) is 3.68. The van der Waals surface area contributed by atoms with Crippen LogP contribution >= 0.6 is 11.8 Å². The van der Waals surface area contributed by atoms with Crippen LogP contribution in [-0.2, 0) is 4.74 Å². The first-order chi connectivity index (χ1) is 12.3. The van der Waals surface area contributed by atoms with Crippen LogP contribution in [-0.4, -0.2) is 34.8 Å². The summed E-state index contributed by atoms with van der Waals surface area (Å²) in [5, 5.41) is 0.637. The summed E-state index contributed by atoms with van der Waals surface area (Å²) < 4.78 is 5.22. The lowest BCUT2D eigenvalue weighted by molar-refractivity contribution is 0.0126. The van der Waals surface area contributed by atoms with Crippen LogP contribution < -0.4 is 22.1 Å². The van der Waals surface area contributed by atoms with Crippen molar-refractivity contribution in [3.8, 4) is 0 Å². The maximum absolute atomic E-state index is 11.0. The van der Waals surface area contributed by atoms with Gasteiger partial charge in [0.05, 0.1) is 6.20 Å². The highest BCUT2D eigenvalue weighted by Gasteiger charge is 2.33. The highest BCUT2D eigenvalue weighted by atomic mass is 32.2. The van der Waals surface area contributed by atoms with Gasteiger partial charge < -0.3 is 26.8 Å². The standard InChI is InChI=1S/C17H22N6O2S/c1-17(25-16(20)24)5-7-23(8-6-17)13-10-21-15(14(19)22-13)26-12-4-2-3-11(18)9-12/h2-4,9-10H,5-8,18H2,1H3,(H2,19,22)(H2,20,24). The highest BCUT2D eigenvalue weighted by molar-refractivity contribution is 7.99. The number of nitrogen functional groups attached to an aromatic ring is 2. The Morgan fingerprint density at radius 3 is 2.65 bits per heavy atom. The molecule has 9 heteroatoms. The summed E-state index contributed by atoms with van der Waals surface area (Å²) in [5.41, 5.74) is 17.2. The van der Waals surface area contributed by atoms with Crippen LogP contribution in [0.4, 0.5) is 22.1 Å². The maximum Gasteiger partial charge on any atom is 0.405 e. The predicted octanol–water partition coefficient (Wildman–Crippen LogP) is 2.25. The molecule has 0 spiro atoms. The van der Waals surface area contributed by atoms with E-state index < -0.39 is 11.7 Å².